The minimum Gasteiger partial charge on any atom is -0.508 e. The van der Waals surface area contributed by atoms with E-state index in [0.717, 1.165) is 6.07 Å². The first-order valence-corrected chi connectivity index (χ1v) is 4.57. The van der Waals surface area contributed by atoms with Crippen molar-refractivity contribution in [1.82, 2.24) is 20.6 Å². The Balaban J connectivity index is 2.32. The zero-order valence-electron chi connectivity index (χ0n) is 8.36. The molecule has 0 bridgehead atoms. The molecule has 0 aliphatic heterocycles. The third-order valence-corrected chi connectivity index (χ3v) is 2.06. The minimum absolute atomic E-state index is 0.0635. The summed E-state index contributed by atoms with van der Waals surface area (Å²) in [5.74, 6) is -0.193. The van der Waals surface area contributed by atoms with Crippen LogP contribution in [0.2, 0.25) is 0 Å². The minimum atomic E-state index is -4.50. The summed E-state index contributed by atoms with van der Waals surface area (Å²) in [6.07, 6.45) is -4.43. The van der Waals surface area contributed by atoms with Gasteiger partial charge in [-0.1, -0.05) is 5.21 Å². The fourth-order valence-electron chi connectivity index (χ4n) is 1.38. The summed E-state index contributed by atoms with van der Waals surface area (Å²) in [6, 6.07) is 2.83. The molecule has 0 amide bonds. The van der Waals surface area contributed by atoms with Crippen LogP contribution in [0.1, 0.15) is 17.0 Å². The number of phenolic OH excluding ortho intramolecular Hbond substituents is 1. The second kappa shape index (κ2) is 4.04. The topological polar surface area (TPSA) is 74.7 Å². The average molecular weight is 244 g/mol. The third kappa shape index (κ3) is 2.71. The molecule has 1 aromatic heterocycles. The predicted octanol–water partition coefficient (Wildman–Crippen LogP) is 1.51. The second-order valence-electron chi connectivity index (χ2n) is 3.39. The lowest BCUT2D eigenvalue weighted by Crippen LogP contribution is -2.05. The van der Waals surface area contributed by atoms with Gasteiger partial charge in [-0.3, -0.25) is 0 Å². The van der Waals surface area contributed by atoms with Gasteiger partial charge in [0, 0.05) is 6.42 Å². The molecule has 0 spiro atoms. The molecule has 2 aromatic rings. The molecule has 0 unspecified atom stereocenters. The van der Waals surface area contributed by atoms with Crippen LogP contribution in [0.15, 0.2) is 18.2 Å². The lowest BCUT2D eigenvalue weighted by molar-refractivity contribution is -0.137. The Bertz CT molecular complexity index is 509. The van der Waals surface area contributed by atoms with Crippen molar-refractivity contribution in [3.05, 3.63) is 35.2 Å². The number of halogens is 3. The molecule has 0 saturated heterocycles. The van der Waals surface area contributed by atoms with Gasteiger partial charge < -0.3 is 5.11 Å². The highest BCUT2D eigenvalue weighted by atomic mass is 19.4. The number of hydrogen-bond acceptors (Lipinski definition) is 4. The van der Waals surface area contributed by atoms with E-state index in [2.05, 4.69) is 20.6 Å². The maximum atomic E-state index is 12.5. The van der Waals surface area contributed by atoms with Gasteiger partial charge in [0.2, 0.25) is 0 Å². The number of aromatic hydroxyl groups is 1. The van der Waals surface area contributed by atoms with E-state index in [1.165, 1.54) is 6.07 Å². The number of phenols is 1. The van der Waals surface area contributed by atoms with Crippen molar-refractivity contribution in [2.75, 3.05) is 0 Å². The van der Waals surface area contributed by atoms with Gasteiger partial charge in [0.1, 0.15) is 5.75 Å². The Morgan fingerprint density at radius 3 is 2.59 bits per heavy atom. The van der Waals surface area contributed by atoms with E-state index in [1.54, 1.807) is 0 Å². The van der Waals surface area contributed by atoms with E-state index in [1.807, 2.05) is 0 Å². The molecule has 17 heavy (non-hydrogen) atoms. The first-order chi connectivity index (χ1) is 7.95. The summed E-state index contributed by atoms with van der Waals surface area (Å²) in [6.45, 7) is 0. The van der Waals surface area contributed by atoms with Gasteiger partial charge in [0.25, 0.3) is 0 Å². The lowest BCUT2D eigenvalue weighted by Gasteiger charge is -2.08. The van der Waals surface area contributed by atoms with Gasteiger partial charge in [-0.15, -0.1) is 10.2 Å². The number of benzene rings is 1. The lowest BCUT2D eigenvalue weighted by atomic mass is 10.1. The molecule has 8 heteroatoms. The Labute approximate surface area is 93.3 Å². The molecular formula is C9H7F3N4O. The molecule has 1 heterocycles. The van der Waals surface area contributed by atoms with Crippen LogP contribution in [0.5, 0.6) is 5.75 Å². The van der Waals surface area contributed by atoms with E-state index in [-0.39, 0.29) is 17.8 Å². The fourth-order valence-corrected chi connectivity index (χ4v) is 1.38. The molecule has 2 N–H and O–H groups in total. The number of nitrogens with zero attached hydrogens (tertiary/aromatic N) is 3. The number of H-pyrrole nitrogens is 1. The van der Waals surface area contributed by atoms with E-state index in [4.69, 9.17) is 0 Å². The normalized spacial score (nSPS) is 11.7. The van der Waals surface area contributed by atoms with Crippen molar-refractivity contribution in [3.8, 4) is 5.75 Å². The fraction of sp³-hybridized carbons (Fsp3) is 0.222. The highest BCUT2D eigenvalue weighted by molar-refractivity contribution is 5.36. The maximum absolute atomic E-state index is 12.5. The molecule has 0 atom stereocenters. The largest absolute Gasteiger partial charge is 0.508 e. The molecule has 0 aliphatic rings. The van der Waals surface area contributed by atoms with Gasteiger partial charge >= 0.3 is 6.18 Å². The van der Waals surface area contributed by atoms with Crippen LogP contribution < -0.4 is 0 Å². The first-order valence-electron chi connectivity index (χ1n) is 4.57. The molecule has 0 saturated carbocycles. The monoisotopic (exact) mass is 244 g/mol. The predicted molar refractivity (Wildman–Crippen MR) is 50.1 cm³/mol. The van der Waals surface area contributed by atoms with Crippen LogP contribution in [-0.2, 0) is 12.6 Å². The summed E-state index contributed by atoms with van der Waals surface area (Å²) in [5.41, 5.74) is -0.644. The molecule has 0 aliphatic carbocycles. The summed E-state index contributed by atoms with van der Waals surface area (Å²) in [4.78, 5) is 0. The molecule has 1 aromatic carbocycles. The van der Waals surface area contributed by atoms with Crippen molar-refractivity contribution in [1.29, 1.82) is 0 Å². The van der Waals surface area contributed by atoms with Gasteiger partial charge in [-0.25, -0.2) is 0 Å². The Hall–Kier alpha value is -2.12. The van der Waals surface area contributed by atoms with Crippen molar-refractivity contribution < 1.29 is 18.3 Å². The van der Waals surface area contributed by atoms with E-state index in [9.17, 15) is 18.3 Å². The van der Waals surface area contributed by atoms with Crippen molar-refractivity contribution in [2.45, 2.75) is 12.6 Å². The third-order valence-electron chi connectivity index (χ3n) is 2.06. The highest BCUT2D eigenvalue weighted by Crippen LogP contribution is 2.32. The zero-order chi connectivity index (χ0) is 12.5. The SMILES string of the molecule is Oc1cc(Cc2nn[nH]n2)cc(C(F)(F)F)c1. The highest BCUT2D eigenvalue weighted by Gasteiger charge is 2.31. The average Bonchev–Trinajstić information content (AvgIpc) is 2.68. The Kier molecular flexibility index (Phi) is 2.70. The number of aromatic amines is 1. The van der Waals surface area contributed by atoms with Crippen molar-refractivity contribution in [2.24, 2.45) is 0 Å². The number of aromatic nitrogens is 4. The van der Waals surface area contributed by atoms with Crippen LogP contribution in [-0.4, -0.2) is 25.7 Å². The quantitative estimate of drug-likeness (QED) is 0.839. The van der Waals surface area contributed by atoms with Crippen LogP contribution >= 0.6 is 0 Å². The van der Waals surface area contributed by atoms with Crippen molar-refractivity contribution in [3.63, 3.8) is 0 Å². The molecule has 5 nitrogen and oxygen atoms in total. The van der Waals surface area contributed by atoms with Crippen LogP contribution in [0, 0.1) is 0 Å². The smallest absolute Gasteiger partial charge is 0.416 e. The molecule has 90 valence electrons. The number of nitrogens with one attached hydrogen (secondary N) is 1. The number of rotatable bonds is 2. The van der Waals surface area contributed by atoms with E-state index in [0.29, 0.717) is 6.07 Å². The zero-order valence-corrected chi connectivity index (χ0v) is 8.36. The Morgan fingerprint density at radius 2 is 2.00 bits per heavy atom. The first kappa shape index (κ1) is 11.4. The maximum Gasteiger partial charge on any atom is 0.416 e. The van der Waals surface area contributed by atoms with Gasteiger partial charge in [0.05, 0.1) is 5.56 Å². The van der Waals surface area contributed by atoms with E-state index < -0.39 is 17.5 Å². The number of tetrazole rings is 1. The number of hydrogen-bond donors (Lipinski definition) is 2. The summed E-state index contributed by atoms with van der Waals surface area (Å²) in [7, 11) is 0. The van der Waals surface area contributed by atoms with Crippen LogP contribution in [0.25, 0.3) is 0 Å². The molecule has 0 fully saturated rings. The van der Waals surface area contributed by atoms with Gasteiger partial charge in [-0.05, 0) is 23.8 Å². The standard InChI is InChI=1S/C9H7F3N4O/c10-9(11,12)6-1-5(2-7(17)4-6)3-8-13-15-16-14-8/h1-2,4,17H,3H2,(H,13,14,15,16). The van der Waals surface area contributed by atoms with Crippen molar-refractivity contribution >= 4 is 0 Å². The van der Waals surface area contributed by atoms with Gasteiger partial charge in [-0.2, -0.15) is 18.4 Å². The summed E-state index contributed by atoms with van der Waals surface area (Å²) < 4.78 is 37.4. The molecule has 0 radical (unpaired) electrons. The Morgan fingerprint density at radius 1 is 1.24 bits per heavy atom. The molecular weight excluding hydrogens is 237 g/mol. The summed E-state index contributed by atoms with van der Waals surface area (Å²) >= 11 is 0. The van der Waals surface area contributed by atoms with E-state index >= 15 is 0 Å². The van der Waals surface area contributed by atoms with Gasteiger partial charge in [0.15, 0.2) is 5.82 Å². The molecule has 2 rings (SSSR count). The number of alkyl halides is 3. The summed E-state index contributed by atoms with van der Waals surface area (Å²) in [5, 5.41) is 22.0. The second-order valence-corrected chi connectivity index (χ2v) is 3.39. The van der Waals surface area contributed by atoms with Crippen LogP contribution in [0.4, 0.5) is 13.2 Å². The van der Waals surface area contributed by atoms with Crippen LogP contribution in [0.3, 0.4) is 0 Å².